The average Bonchev–Trinajstić information content (AvgIpc) is 2.75. The van der Waals surface area contributed by atoms with Crippen LogP contribution in [0.2, 0.25) is 0 Å². The van der Waals surface area contributed by atoms with Crippen molar-refractivity contribution in [2.75, 3.05) is 18.5 Å². The van der Waals surface area contributed by atoms with Crippen LogP contribution < -0.4 is 10.1 Å². The maximum Gasteiger partial charge on any atom is 0.342 e. The van der Waals surface area contributed by atoms with Crippen molar-refractivity contribution in [2.24, 2.45) is 0 Å². The third-order valence-corrected chi connectivity index (χ3v) is 4.27. The fourth-order valence-corrected chi connectivity index (χ4v) is 2.92. The molecular formula is C24H23NO4. The van der Waals surface area contributed by atoms with Gasteiger partial charge in [0.25, 0.3) is 5.91 Å². The quantitative estimate of drug-likeness (QED) is 0.577. The fraction of sp³-hybridized carbons (Fsp3) is 0.167. The highest BCUT2D eigenvalue weighted by Crippen LogP contribution is 2.20. The molecule has 0 atom stereocenters. The lowest BCUT2D eigenvalue weighted by Gasteiger charge is -2.12. The molecule has 1 amide bonds. The predicted molar refractivity (Wildman–Crippen MR) is 112 cm³/mol. The van der Waals surface area contributed by atoms with Gasteiger partial charge in [-0.05, 0) is 42.7 Å². The summed E-state index contributed by atoms with van der Waals surface area (Å²) in [7, 11) is 0. The number of rotatable bonds is 8. The van der Waals surface area contributed by atoms with Crippen LogP contribution in [0.4, 0.5) is 5.69 Å². The van der Waals surface area contributed by atoms with Gasteiger partial charge < -0.3 is 14.8 Å². The average molecular weight is 389 g/mol. The lowest BCUT2D eigenvalue weighted by molar-refractivity contribution is -0.119. The number of ether oxygens (including phenoxy) is 2. The second-order valence-corrected chi connectivity index (χ2v) is 6.37. The molecule has 3 aromatic carbocycles. The van der Waals surface area contributed by atoms with Crippen molar-refractivity contribution < 1.29 is 19.1 Å². The molecule has 0 fully saturated rings. The zero-order valence-electron chi connectivity index (χ0n) is 16.3. The van der Waals surface area contributed by atoms with E-state index < -0.39 is 11.9 Å². The summed E-state index contributed by atoms with van der Waals surface area (Å²) < 4.78 is 10.6. The minimum Gasteiger partial charge on any atom is -0.493 e. The largest absolute Gasteiger partial charge is 0.493 e. The lowest BCUT2D eigenvalue weighted by Crippen LogP contribution is -2.22. The van der Waals surface area contributed by atoms with Crippen molar-refractivity contribution in [3.8, 4) is 5.75 Å². The van der Waals surface area contributed by atoms with Gasteiger partial charge in [0.1, 0.15) is 11.3 Å². The van der Waals surface area contributed by atoms with Crippen LogP contribution in [-0.4, -0.2) is 25.1 Å². The molecule has 0 radical (unpaired) electrons. The Labute approximate surface area is 170 Å². The van der Waals surface area contributed by atoms with Gasteiger partial charge in [0.15, 0.2) is 6.61 Å². The van der Waals surface area contributed by atoms with E-state index >= 15 is 0 Å². The molecule has 0 aliphatic carbocycles. The molecule has 1 N–H and O–H groups in total. The Morgan fingerprint density at radius 3 is 2.34 bits per heavy atom. The highest BCUT2D eigenvalue weighted by molar-refractivity contribution is 5.97. The van der Waals surface area contributed by atoms with Gasteiger partial charge in [-0.25, -0.2) is 4.79 Å². The molecule has 0 aliphatic rings. The van der Waals surface area contributed by atoms with Crippen LogP contribution in [0.5, 0.6) is 5.75 Å². The summed E-state index contributed by atoms with van der Waals surface area (Å²) in [4.78, 5) is 24.7. The van der Waals surface area contributed by atoms with Crippen molar-refractivity contribution in [1.29, 1.82) is 0 Å². The SMILES string of the molecule is CCOc1ccccc1C(=O)OCC(=O)Nc1ccccc1Cc1ccccc1. The Morgan fingerprint density at radius 2 is 1.55 bits per heavy atom. The van der Waals surface area contributed by atoms with E-state index in [0.29, 0.717) is 30.0 Å². The zero-order valence-corrected chi connectivity index (χ0v) is 16.3. The number of carbonyl (C=O) groups is 2. The van der Waals surface area contributed by atoms with Crippen molar-refractivity contribution in [1.82, 2.24) is 0 Å². The molecule has 0 aliphatic heterocycles. The Hall–Kier alpha value is -3.60. The van der Waals surface area contributed by atoms with E-state index in [1.807, 2.05) is 61.5 Å². The van der Waals surface area contributed by atoms with Crippen LogP contribution in [0.1, 0.15) is 28.4 Å². The van der Waals surface area contributed by atoms with Gasteiger partial charge >= 0.3 is 5.97 Å². The van der Waals surface area contributed by atoms with Gasteiger partial charge in [-0.15, -0.1) is 0 Å². The molecule has 3 aromatic rings. The summed E-state index contributed by atoms with van der Waals surface area (Å²) in [6, 6.07) is 24.4. The van der Waals surface area contributed by atoms with Crippen molar-refractivity contribution in [3.63, 3.8) is 0 Å². The summed E-state index contributed by atoms with van der Waals surface area (Å²) in [5, 5.41) is 2.83. The highest BCUT2D eigenvalue weighted by Gasteiger charge is 2.15. The van der Waals surface area contributed by atoms with E-state index in [0.717, 1.165) is 11.1 Å². The van der Waals surface area contributed by atoms with E-state index in [2.05, 4.69) is 5.32 Å². The molecule has 148 valence electrons. The highest BCUT2D eigenvalue weighted by atomic mass is 16.5. The van der Waals surface area contributed by atoms with Gasteiger partial charge in [0, 0.05) is 5.69 Å². The number of carbonyl (C=O) groups excluding carboxylic acids is 2. The number of hydrogen-bond acceptors (Lipinski definition) is 4. The second-order valence-electron chi connectivity index (χ2n) is 6.37. The van der Waals surface area contributed by atoms with Gasteiger partial charge in [0.2, 0.25) is 0 Å². The summed E-state index contributed by atoms with van der Waals surface area (Å²) in [5.74, 6) is -0.553. The monoisotopic (exact) mass is 389 g/mol. The molecule has 29 heavy (non-hydrogen) atoms. The summed E-state index contributed by atoms with van der Waals surface area (Å²) >= 11 is 0. The van der Waals surface area contributed by atoms with Crippen LogP contribution >= 0.6 is 0 Å². The number of esters is 1. The van der Waals surface area contributed by atoms with E-state index in [1.54, 1.807) is 24.3 Å². The van der Waals surface area contributed by atoms with Crippen LogP contribution in [0.15, 0.2) is 78.9 Å². The number of amides is 1. The second kappa shape index (κ2) is 10.1. The first-order valence-electron chi connectivity index (χ1n) is 9.48. The molecule has 5 heteroatoms. The summed E-state index contributed by atoms with van der Waals surface area (Å²) in [6.07, 6.45) is 0.693. The minimum atomic E-state index is -0.596. The predicted octanol–water partition coefficient (Wildman–Crippen LogP) is 4.47. The van der Waals surface area contributed by atoms with Crippen LogP contribution in [0.25, 0.3) is 0 Å². The zero-order chi connectivity index (χ0) is 20.5. The fourth-order valence-electron chi connectivity index (χ4n) is 2.92. The van der Waals surface area contributed by atoms with Crippen molar-refractivity contribution >= 4 is 17.6 Å². The third-order valence-electron chi connectivity index (χ3n) is 4.27. The third kappa shape index (κ3) is 5.69. The van der Waals surface area contributed by atoms with Crippen molar-refractivity contribution in [3.05, 3.63) is 95.6 Å². The van der Waals surface area contributed by atoms with E-state index in [1.165, 1.54) is 0 Å². The molecule has 0 saturated heterocycles. The standard InChI is InChI=1S/C24H23NO4/c1-2-28-22-15-9-7-13-20(22)24(27)29-17-23(26)25-21-14-8-6-12-19(21)16-18-10-4-3-5-11-18/h3-15H,2,16-17H2,1H3,(H,25,26). The Morgan fingerprint density at radius 1 is 0.862 bits per heavy atom. The Balaban J connectivity index is 1.61. The normalized spacial score (nSPS) is 10.2. The topological polar surface area (TPSA) is 64.6 Å². The number of nitrogens with one attached hydrogen (secondary N) is 1. The molecule has 0 unspecified atom stereocenters. The Kier molecular flexibility index (Phi) is 7.00. The van der Waals surface area contributed by atoms with Gasteiger partial charge in [-0.1, -0.05) is 60.7 Å². The van der Waals surface area contributed by atoms with Gasteiger partial charge in [0.05, 0.1) is 6.61 Å². The van der Waals surface area contributed by atoms with Gasteiger partial charge in [-0.3, -0.25) is 4.79 Å². The maximum absolute atomic E-state index is 12.3. The number of hydrogen-bond donors (Lipinski definition) is 1. The smallest absolute Gasteiger partial charge is 0.342 e. The molecule has 0 bridgehead atoms. The van der Waals surface area contributed by atoms with Gasteiger partial charge in [-0.2, -0.15) is 0 Å². The molecule has 0 saturated carbocycles. The molecule has 0 spiro atoms. The maximum atomic E-state index is 12.3. The molecule has 3 rings (SSSR count). The van der Waals surface area contributed by atoms with Crippen LogP contribution in [-0.2, 0) is 16.0 Å². The number of anilines is 1. The van der Waals surface area contributed by atoms with E-state index in [4.69, 9.17) is 9.47 Å². The first kappa shape index (κ1) is 20.1. The van der Waals surface area contributed by atoms with Crippen LogP contribution in [0.3, 0.4) is 0 Å². The Bertz CT molecular complexity index is 969. The minimum absolute atomic E-state index is 0.298. The molecule has 0 heterocycles. The first-order valence-corrected chi connectivity index (χ1v) is 9.48. The van der Waals surface area contributed by atoms with Crippen molar-refractivity contribution in [2.45, 2.75) is 13.3 Å². The molecule has 0 aromatic heterocycles. The van der Waals surface area contributed by atoms with E-state index in [-0.39, 0.29) is 6.61 Å². The lowest BCUT2D eigenvalue weighted by atomic mass is 10.0. The first-order chi connectivity index (χ1) is 14.2. The van der Waals surface area contributed by atoms with E-state index in [9.17, 15) is 9.59 Å². The number of para-hydroxylation sites is 2. The number of benzene rings is 3. The summed E-state index contributed by atoms with van der Waals surface area (Å²) in [5.41, 5.74) is 3.13. The molecular weight excluding hydrogens is 366 g/mol. The van der Waals surface area contributed by atoms with Crippen LogP contribution in [0, 0.1) is 0 Å². The summed E-state index contributed by atoms with van der Waals surface area (Å²) in [6.45, 7) is 1.89. The molecule has 5 nitrogen and oxygen atoms in total.